The van der Waals surface area contributed by atoms with E-state index in [0.717, 1.165) is 12.1 Å². The zero-order valence-corrected chi connectivity index (χ0v) is 24.4. The van der Waals surface area contributed by atoms with Crippen LogP contribution in [-0.4, -0.2) is 34.4 Å². The Bertz CT molecular complexity index is 1390. The number of fused-ring (bicyclic) bond motifs is 1. The van der Waals surface area contributed by atoms with Gasteiger partial charge in [0.15, 0.2) is 0 Å². The van der Waals surface area contributed by atoms with Crippen LogP contribution in [0.25, 0.3) is 10.8 Å². The van der Waals surface area contributed by atoms with Gasteiger partial charge in [0.1, 0.15) is 15.5 Å². The molecule has 0 saturated carbocycles. The minimum Gasteiger partial charge on any atom is -0.379 e. The van der Waals surface area contributed by atoms with E-state index in [1.807, 2.05) is 0 Å². The Kier molecular flexibility index (Phi) is 10.4. The van der Waals surface area contributed by atoms with Crippen molar-refractivity contribution in [1.82, 2.24) is 0 Å². The fourth-order valence-electron chi connectivity index (χ4n) is 2.45. The van der Waals surface area contributed by atoms with E-state index >= 15 is 0 Å². The molecular formula is C16H12K2O9S3+2. The predicted molar refractivity (Wildman–Crippen MR) is 97.8 cm³/mol. The summed E-state index contributed by atoms with van der Waals surface area (Å²) in [5.41, 5.74) is 0. The second kappa shape index (κ2) is 10.8. The summed E-state index contributed by atoms with van der Waals surface area (Å²) < 4.78 is 94.2. The van der Waals surface area contributed by atoms with E-state index in [0.29, 0.717) is 6.07 Å². The summed E-state index contributed by atoms with van der Waals surface area (Å²) in [4.78, 5) is -1.72. The standard InChI is InChI=1S/C16H12O9S3.2K/c17-26(18,19)14-8-11-6-7-12(9-15(11)16(10-14)27(20,21)22)25-28(23,24)13-4-2-1-3-5-13;;/h1-10H,(H,17,18,19)(H,20,21,22);;/q;2*+1. The van der Waals surface area contributed by atoms with Crippen molar-refractivity contribution >= 4 is 41.1 Å². The Morgan fingerprint density at radius 2 is 1.27 bits per heavy atom. The molecule has 0 bridgehead atoms. The summed E-state index contributed by atoms with van der Waals surface area (Å²) in [6.45, 7) is 0. The van der Waals surface area contributed by atoms with Crippen LogP contribution in [0.15, 0.2) is 75.4 Å². The van der Waals surface area contributed by atoms with Crippen LogP contribution in [0.5, 0.6) is 5.75 Å². The van der Waals surface area contributed by atoms with Crippen LogP contribution in [0.3, 0.4) is 0 Å². The molecule has 0 amide bonds. The maximum atomic E-state index is 12.3. The summed E-state index contributed by atoms with van der Waals surface area (Å²) in [7, 11) is -13.9. The first-order valence-corrected chi connectivity index (χ1v) is 11.7. The van der Waals surface area contributed by atoms with E-state index < -0.39 is 40.1 Å². The van der Waals surface area contributed by atoms with E-state index in [1.165, 1.54) is 36.4 Å². The van der Waals surface area contributed by atoms with Gasteiger partial charge in [0.2, 0.25) is 0 Å². The molecule has 148 valence electrons. The van der Waals surface area contributed by atoms with Crippen LogP contribution in [0, 0.1) is 0 Å². The van der Waals surface area contributed by atoms with Crippen LogP contribution >= 0.6 is 0 Å². The maximum absolute atomic E-state index is 12.3. The summed E-state index contributed by atoms with van der Waals surface area (Å²) in [6.07, 6.45) is 0. The predicted octanol–water partition coefficient (Wildman–Crippen LogP) is -3.89. The molecule has 30 heavy (non-hydrogen) atoms. The van der Waals surface area contributed by atoms with E-state index in [-0.39, 0.29) is 124 Å². The summed E-state index contributed by atoms with van der Waals surface area (Å²) >= 11 is 0. The minimum atomic E-state index is -4.91. The Labute approximate surface area is 258 Å². The molecule has 0 spiro atoms. The molecule has 0 radical (unpaired) electrons. The normalized spacial score (nSPS) is 11.9. The molecule has 2 N–H and O–H groups in total. The SMILES string of the molecule is O=S(=O)(O)c1cc(S(=O)(=O)O)c2cc(OS(=O)(=O)c3ccccc3)ccc2c1.[K+].[K+]. The van der Waals surface area contributed by atoms with Gasteiger partial charge in [-0.3, -0.25) is 9.11 Å². The zero-order valence-electron chi connectivity index (χ0n) is 15.8. The topological polar surface area (TPSA) is 152 Å². The van der Waals surface area contributed by atoms with Crippen LogP contribution in [-0.2, 0) is 30.4 Å². The Morgan fingerprint density at radius 3 is 1.80 bits per heavy atom. The number of rotatable bonds is 5. The van der Waals surface area contributed by atoms with Crippen molar-refractivity contribution in [2.24, 2.45) is 0 Å². The van der Waals surface area contributed by atoms with Gasteiger partial charge in [-0.2, -0.15) is 25.3 Å². The zero-order chi connectivity index (χ0) is 20.7. The Balaban J connectivity index is 0.00000225. The largest absolute Gasteiger partial charge is 1.00 e. The van der Waals surface area contributed by atoms with E-state index in [2.05, 4.69) is 0 Å². The van der Waals surface area contributed by atoms with Crippen molar-refractivity contribution in [2.75, 3.05) is 0 Å². The Hall–Kier alpha value is 0.763. The average molecular weight is 523 g/mol. The minimum absolute atomic E-state index is 0. The van der Waals surface area contributed by atoms with Crippen molar-refractivity contribution < 1.29 is 141 Å². The van der Waals surface area contributed by atoms with E-state index in [9.17, 15) is 29.8 Å². The van der Waals surface area contributed by atoms with Gasteiger partial charge in [-0.15, -0.1) is 0 Å². The van der Waals surface area contributed by atoms with Crippen molar-refractivity contribution in [3.63, 3.8) is 0 Å². The molecule has 9 nitrogen and oxygen atoms in total. The molecule has 3 aromatic rings. The molecule has 0 aliphatic carbocycles. The molecule has 3 rings (SSSR count). The quantitative estimate of drug-likeness (QED) is 0.195. The third-order valence-electron chi connectivity index (χ3n) is 3.67. The third-order valence-corrected chi connectivity index (χ3v) is 6.66. The second-order valence-corrected chi connectivity index (χ2v) is 9.96. The van der Waals surface area contributed by atoms with Crippen LogP contribution in [0.2, 0.25) is 0 Å². The number of hydrogen-bond acceptors (Lipinski definition) is 7. The molecule has 0 aliphatic rings. The summed E-state index contributed by atoms with van der Waals surface area (Å²) in [5.74, 6) is -0.263. The first kappa shape index (κ1) is 28.8. The molecular weight excluding hydrogens is 511 g/mol. The van der Waals surface area contributed by atoms with Crippen molar-refractivity contribution in [1.29, 1.82) is 0 Å². The van der Waals surface area contributed by atoms with Gasteiger partial charge >= 0.3 is 113 Å². The monoisotopic (exact) mass is 522 g/mol. The van der Waals surface area contributed by atoms with Crippen molar-refractivity contribution in [3.8, 4) is 5.75 Å². The molecule has 0 atom stereocenters. The number of benzene rings is 3. The second-order valence-electron chi connectivity index (χ2n) is 5.60. The first-order valence-electron chi connectivity index (χ1n) is 7.40. The third kappa shape index (κ3) is 6.88. The van der Waals surface area contributed by atoms with Crippen LogP contribution in [0.4, 0.5) is 0 Å². The molecule has 0 saturated heterocycles. The first-order chi connectivity index (χ1) is 12.9. The van der Waals surface area contributed by atoms with Gasteiger partial charge in [-0.25, -0.2) is 0 Å². The molecule has 0 unspecified atom stereocenters. The van der Waals surface area contributed by atoms with Gasteiger partial charge in [0, 0.05) is 5.39 Å². The van der Waals surface area contributed by atoms with Gasteiger partial charge in [-0.1, -0.05) is 24.3 Å². The fraction of sp³-hybridized carbons (Fsp3) is 0. The van der Waals surface area contributed by atoms with Gasteiger partial charge in [-0.05, 0) is 41.8 Å². The molecule has 0 fully saturated rings. The number of hydrogen-bond donors (Lipinski definition) is 2. The fourth-order valence-corrected chi connectivity index (χ4v) is 4.74. The van der Waals surface area contributed by atoms with Crippen LogP contribution in [0.1, 0.15) is 0 Å². The smallest absolute Gasteiger partial charge is 0.379 e. The average Bonchev–Trinajstić information content (AvgIpc) is 2.59. The molecule has 14 heteroatoms. The summed E-state index contributed by atoms with van der Waals surface area (Å²) in [5, 5.41) is -0.192. The van der Waals surface area contributed by atoms with Gasteiger partial charge in [0.05, 0.1) is 4.90 Å². The molecule has 0 heterocycles. The van der Waals surface area contributed by atoms with Gasteiger partial charge < -0.3 is 4.18 Å². The van der Waals surface area contributed by atoms with Crippen molar-refractivity contribution in [3.05, 3.63) is 60.7 Å². The van der Waals surface area contributed by atoms with Gasteiger partial charge in [0.25, 0.3) is 20.2 Å². The van der Waals surface area contributed by atoms with E-state index in [1.54, 1.807) is 6.07 Å². The molecule has 0 aromatic heterocycles. The summed E-state index contributed by atoms with van der Waals surface area (Å²) in [6, 6.07) is 12.1. The molecule has 3 aromatic carbocycles. The maximum Gasteiger partial charge on any atom is 1.00 e. The van der Waals surface area contributed by atoms with E-state index in [4.69, 9.17) is 8.74 Å². The Morgan fingerprint density at radius 1 is 0.667 bits per heavy atom. The molecule has 0 aliphatic heterocycles. The van der Waals surface area contributed by atoms with Crippen LogP contribution < -0.4 is 107 Å². The van der Waals surface area contributed by atoms with Crippen molar-refractivity contribution in [2.45, 2.75) is 14.7 Å².